The first-order chi connectivity index (χ1) is 11.5. The van der Waals surface area contributed by atoms with Gasteiger partial charge in [0.1, 0.15) is 17.1 Å². The van der Waals surface area contributed by atoms with Crippen molar-refractivity contribution in [2.24, 2.45) is 0 Å². The Morgan fingerprint density at radius 3 is 2.62 bits per heavy atom. The lowest BCUT2D eigenvalue weighted by Gasteiger charge is -2.11. The predicted octanol–water partition coefficient (Wildman–Crippen LogP) is 4.73. The maximum absolute atomic E-state index is 14.2. The second-order valence-electron chi connectivity index (χ2n) is 5.95. The van der Waals surface area contributed by atoms with Crippen LogP contribution in [0.2, 0.25) is 0 Å². The first-order valence-electron chi connectivity index (χ1n) is 8.22. The van der Waals surface area contributed by atoms with Crippen molar-refractivity contribution in [1.29, 1.82) is 0 Å². The number of aromatic carboxylic acids is 1. The van der Waals surface area contributed by atoms with E-state index in [2.05, 4.69) is 5.10 Å². The van der Waals surface area contributed by atoms with Crippen LogP contribution in [0.5, 0.6) is 0 Å². The van der Waals surface area contributed by atoms with Gasteiger partial charge >= 0.3 is 5.97 Å². The maximum atomic E-state index is 14.2. The van der Waals surface area contributed by atoms with Gasteiger partial charge in [-0.3, -0.25) is 0 Å². The fourth-order valence-corrected chi connectivity index (χ4v) is 2.73. The highest BCUT2D eigenvalue weighted by Crippen LogP contribution is 2.28. The number of aryl methyl sites for hydroxylation is 1. The minimum Gasteiger partial charge on any atom is -0.478 e. The van der Waals surface area contributed by atoms with Gasteiger partial charge in [0.05, 0.1) is 11.4 Å². The number of hydrogen-bond donors (Lipinski definition) is 1. The summed E-state index contributed by atoms with van der Waals surface area (Å²) < 4.78 is 15.6. The van der Waals surface area contributed by atoms with E-state index in [0.717, 1.165) is 6.42 Å². The summed E-state index contributed by atoms with van der Waals surface area (Å²) in [5, 5.41) is 14.1. The van der Waals surface area contributed by atoms with Gasteiger partial charge in [-0.25, -0.2) is 13.9 Å². The molecule has 2 rings (SSSR count). The molecule has 0 amide bonds. The minimum absolute atomic E-state index is 0.0943. The molecular formula is C19H23FN2O2. The van der Waals surface area contributed by atoms with E-state index >= 15 is 0 Å². The number of carbonyl (C=O) groups is 1. The van der Waals surface area contributed by atoms with Gasteiger partial charge in [0.2, 0.25) is 0 Å². The van der Waals surface area contributed by atoms with Crippen LogP contribution in [0.1, 0.15) is 61.3 Å². The molecule has 1 aromatic carbocycles. The summed E-state index contributed by atoms with van der Waals surface area (Å²) in [6.07, 6.45) is 6.21. The molecule has 0 bridgehead atoms. The first-order valence-corrected chi connectivity index (χ1v) is 8.22. The van der Waals surface area contributed by atoms with Crippen molar-refractivity contribution in [2.45, 2.75) is 46.0 Å². The summed E-state index contributed by atoms with van der Waals surface area (Å²) in [7, 11) is 0. The number of rotatable bonds is 7. The molecule has 0 fully saturated rings. The lowest BCUT2D eigenvalue weighted by atomic mass is 10.0. The Labute approximate surface area is 141 Å². The molecule has 0 aliphatic carbocycles. The smallest absolute Gasteiger partial charge is 0.339 e. The third-order valence-corrected chi connectivity index (χ3v) is 3.79. The number of aromatic nitrogens is 2. The molecule has 4 nitrogen and oxygen atoms in total. The summed E-state index contributed by atoms with van der Waals surface area (Å²) in [6, 6.07) is 6.28. The highest BCUT2D eigenvalue weighted by Gasteiger charge is 2.26. The molecule has 0 spiro atoms. The summed E-state index contributed by atoms with van der Waals surface area (Å²) in [6.45, 7) is 5.83. The highest BCUT2D eigenvalue weighted by molar-refractivity contribution is 5.90. The molecule has 0 aliphatic rings. The van der Waals surface area contributed by atoms with Gasteiger partial charge in [0, 0.05) is 0 Å². The average molecular weight is 330 g/mol. The summed E-state index contributed by atoms with van der Waals surface area (Å²) in [5.41, 5.74) is 1.49. The second kappa shape index (κ2) is 7.90. The number of hydrogen-bond acceptors (Lipinski definition) is 2. The zero-order chi connectivity index (χ0) is 17.7. The number of halogens is 1. The number of carboxylic acids is 1. The zero-order valence-corrected chi connectivity index (χ0v) is 14.3. The second-order valence-corrected chi connectivity index (χ2v) is 5.95. The topological polar surface area (TPSA) is 55.1 Å². The van der Waals surface area contributed by atoms with Gasteiger partial charge in [-0.2, -0.15) is 5.10 Å². The molecular weight excluding hydrogens is 307 g/mol. The Kier molecular flexibility index (Phi) is 5.90. The van der Waals surface area contributed by atoms with Crippen LogP contribution >= 0.6 is 0 Å². The lowest BCUT2D eigenvalue weighted by Crippen LogP contribution is -2.09. The van der Waals surface area contributed by atoms with Gasteiger partial charge < -0.3 is 5.11 Å². The van der Waals surface area contributed by atoms with E-state index < -0.39 is 11.8 Å². The Morgan fingerprint density at radius 2 is 2.04 bits per heavy atom. The van der Waals surface area contributed by atoms with E-state index in [4.69, 9.17) is 0 Å². The minimum atomic E-state index is -1.02. The lowest BCUT2D eigenvalue weighted by molar-refractivity contribution is 0.0694. The average Bonchev–Trinajstić information content (AvgIpc) is 2.91. The van der Waals surface area contributed by atoms with Gasteiger partial charge in [0.25, 0.3) is 0 Å². The Hall–Kier alpha value is -2.43. The van der Waals surface area contributed by atoms with E-state index in [-0.39, 0.29) is 17.2 Å². The largest absolute Gasteiger partial charge is 0.478 e. The number of nitrogens with zero attached hydrogens (tertiary/aromatic N) is 2. The van der Waals surface area contributed by atoms with Crippen LogP contribution in [0, 0.1) is 5.82 Å². The van der Waals surface area contributed by atoms with Gasteiger partial charge in [-0.1, -0.05) is 45.1 Å². The first kappa shape index (κ1) is 17.9. The molecule has 0 saturated carbocycles. The van der Waals surface area contributed by atoms with Crippen molar-refractivity contribution in [3.8, 4) is 5.69 Å². The Morgan fingerprint density at radius 1 is 1.33 bits per heavy atom. The Balaban J connectivity index is 2.56. The van der Waals surface area contributed by atoms with Crippen molar-refractivity contribution >= 4 is 5.97 Å². The molecule has 128 valence electrons. The van der Waals surface area contributed by atoms with Crippen LogP contribution in [-0.4, -0.2) is 20.9 Å². The van der Waals surface area contributed by atoms with E-state index in [0.29, 0.717) is 24.2 Å². The van der Waals surface area contributed by atoms with Gasteiger partial charge in [-0.05, 0) is 37.3 Å². The number of carboxylic acid groups (broad SMARTS) is 1. The van der Waals surface area contributed by atoms with E-state index in [1.807, 2.05) is 32.9 Å². The van der Waals surface area contributed by atoms with E-state index in [1.54, 1.807) is 18.2 Å². The van der Waals surface area contributed by atoms with Crippen molar-refractivity contribution in [3.05, 3.63) is 59.2 Å². The Bertz CT molecular complexity index is 748. The van der Waals surface area contributed by atoms with Crippen molar-refractivity contribution in [1.82, 2.24) is 9.78 Å². The third kappa shape index (κ3) is 3.72. The number of allylic oxidation sites excluding steroid dienone is 2. The van der Waals surface area contributed by atoms with Crippen molar-refractivity contribution in [2.75, 3.05) is 0 Å². The molecule has 0 saturated heterocycles. The normalized spacial score (nSPS) is 11.5. The number of benzene rings is 1. The fourth-order valence-electron chi connectivity index (χ4n) is 2.73. The molecule has 1 N–H and O–H groups in total. The zero-order valence-electron chi connectivity index (χ0n) is 14.3. The van der Waals surface area contributed by atoms with Crippen molar-refractivity contribution in [3.63, 3.8) is 0 Å². The third-order valence-electron chi connectivity index (χ3n) is 3.79. The molecule has 1 aromatic heterocycles. The van der Waals surface area contributed by atoms with Crippen molar-refractivity contribution < 1.29 is 14.3 Å². The summed E-state index contributed by atoms with van der Waals surface area (Å²) >= 11 is 0. The maximum Gasteiger partial charge on any atom is 0.339 e. The molecule has 1 heterocycles. The highest BCUT2D eigenvalue weighted by atomic mass is 19.1. The molecule has 0 aliphatic heterocycles. The molecule has 2 aromatic rings. The van der Waals surface area contributed by atoms with Gasteiger partial charge in [0.15, 0.2) is 0 Å². The molecule has 5 heteroatoms. The standard InChI is InChI=1S/C19H23FN2O2/c1-4-5-6-7-11-15-17(19(23)24)18(13(2)3)22(21-15)16-12-9-8-10-14(16)20/h5-6,8-10,12-13H,4,7,11H2,1-3H3,(H,23,24)/b6-5-. The van der Waals surface area contributed by atoms with Gasteiger partial charge in [-0.15, -0.1) is 0 Å². The van der Waals surface area contributed by atoms with Crippen LogP contribution in [0.3, 0.4) is 0 Å². The number of para-hydroxylation sites is 1. The SMILES string of the molecule is CC/C=C\CCc1nn(-c2ccccc2F)c(C(C)C)c1C(=O)O. The molecule has 0 atom stereocenters. The van der Waals surface area contributed by atoms with Crippen LogP contribution < -0.4 is 0 Å². The molecule has 0 radical (unpaired) electrons. The monoisotopic (exact) mass is 330 g/mol. The van der Waals surface area contributed by atoms with Crippen LogP contribution in [0.4, 0.5) is 4.39 Å². The fraction of sp³-hybridized carbons (Fsp3) is 0.368. The van der Waals surface area contributed by atoms with E-state index in [1.165, 1.54) is 10.7 Å². The van der Waals surface area contributed by atoms with E-state index in [9.17, 15) is 14.3 Å². The van der Waals surface area contributed by atoms with Crippen LogP contribution in [0.25, 0.3) is 5.69 Å². The summed E-state index contributed by atoms with van der Waals surface area (Å²) in [5.74, 6) is -1.53. The van der Waals surface area contributed by atoms with Crippen LogP contribution in [0.15, 0.2) is 36.4 Å². The molecule has 24 heavy (non-hydrogen) atoms. The van der Waals surface area contributed by atoms with Crippen LogP contribution in [-0.2, 0) is 6.42 Å². The quantitative estimate of drug-likeness (QED) is 0.747. The predicted molar refractivity (Wildman–Crippen MR) is 92.3 cm³/mol. The summed E-state index contributed by atoms with van der Waals surface area (Å²) in [4.78, 5) is 11.8. The molecule has 0 unspecified atom stereocenters.